The minimum absolute atomic E-state index is 0.00988. The Bertz CT molecular complexity index is 1130. The molecule has 0 radical (unpaired) electrons. The molecular weight excluding hydrogens is 429 g/mol. The van der Waals surface area contributed by atoms with Crippen LogP contribution in [0.5, 0.6) is 0 Å². The number of aryl methyl sites for hydroxylation is 2. The predicted octanol–water partition coefficient (Wildman–Crippen LogP) is 4.28. The van der Waals surface area contributed by atoms with Gasteiger partial charge in [-0.15, -0.1) is 10.2 Å². The third kappa shape index (κ3) is 5.73. The van der Waals surface area contributed by atoms with E-state index in [9.17, 15) is 14.0 Å². The molecule has 0 unspecified atom stereocenters. The molecule has 0 saturated carbocycles. The van der Waals surface area contributed by atoms with E-state index >= 15 is 0 Å². The number of hydrogen-bond acceptors (Lipinski definition) is 5. The van der Waals surface area contributed by atoms with E-state index < -0.39 is 11.7 Å². The molecule has 3 aromatic rings. The average molecular weight is 456 g/mol. The fourth-order valence-corrected chi connectivity index (χ4v) is 3.98. The Kier molecular flexibility index (Phi) is 7.63. The van der Waals surface area contributed by atoms with Crippen molar-refractivity contribution >= 4 is 29.3 Å². The number of halogens is 1. The van der Waals surface area contributed by atoms with Crippen LogP contribution in [0.2, 0.25) is 0 Å². The van der Waals surface area contributed by atoms with Gasteiger partial charge in [-0.05, 0) is 63.1 Å². The van der Waals surface area contributed by atoms with Gasteiger partial charge in [0.2, 0.25) is 5.91 Å². The molecule has 0 atom stereocenters. The quantitative estimate of drug-likeness (QED) is 0.495. The molecule has 0 fully saturated rings. The summed E-state index contributed by atoms with van der Waals surface area (Å²) in [5.41, 5.74) is 3.00. The Morgan fingerprint density at radius 2 is 1.84 bits per heavy atom. The molecule has 2 aromatic carbocycles. The molecule has 9 heteroatoms. The largest absolute Gasteiger partial charge is 0.345 e. The predicted molar refractivity (Wildman–Crippen MR) is 123 cm³/mol. The Labute approximate surface area is 190 Å². The fourth-order valence-electron chi connectivity index (χ4n) is 3.09. The van der Waals surface area contributed by atoms with Crippen LogP contribution in [-0.2, 0) is 11.3 Å². The van der Waals surface area contributed by atoms with Crippen molar-refractivity contribution in [1.82, 2.24) is 20.1 Å². The van der Waals surface area contributed by atoms with E-state index in [1.165, 1.54) is 30.0 Å². The smallest absolute Gasteiger partial charge is 0.254 e. The molecule has 0 aliphatic carbocycles. The van der Waals surface area contributed by atoms with Gasteiger partial charge < -0.3 is 15.2 Å². The number of benzene rings is 2. The van der Waals surface area contributed by atoms with Gasteiger partial charge in [0.15, 0.2) is 11.0 Å². The first-order valence-corrected chi connectivity index (χ1v) is 11.2. The first-order valence-electron chi connectivity index (χ1n) is 10.2. The van der Waals surface area contributed by atoms with Gasteiger partial charge in [0.25, 0.3) is 5.91 Å². The second-order valence-corrected chi connectivity index (χ2v) is 8.60. The summed E-state index contributed by atoms with van der Waals surface area (Å²) in [7, 11) is 0. The van der Waals surface area contributed by atoms with E-state index in [4.69, 9.17) is 0 Å². The van der Waals surface area contributed by atoms with E-state index in [-0.39, 0.29) is 29.8 Å². The molecule has 1 heterocycles. The first-order chi connectivity index (χ1) is 15.3. The van der Waals surface area contributed by atoms with Crippen molar-refractivity contribution in [3.8, 4) is 0 Å². The van der Waals surface area contributed by atoms with Gasteiger partial charge in [-0.3, -0.25) is 9.59 Å². The highest BCUT2D eigenvalue weighted by Crippen LogP contribution is 2.22. The number of thioether (sulfide) groups is 1. The lowest BCUT2D eigenvalue weighted by Crippen LogP contribution is -2.26. The van der Waals surface area contributed by atoms with Gasteiger partial charge in [0.05, 0.1) is 17.9 Å². The Hall–Kier alpha value is -3.20. The summed E-state index contributed by atoms with van der Waals surface area (Å²) in [5, 5.41) is 14.5. The van der Waals surface area contributed by atoms with Gasteiger partial charge in [0.1, 0.15) is 5.82 Å². The van der Waals surface area contributed by atoms with Crippen molar-refractivity contribution in [3.05, 3.63) is 70.8 Å². The Balaban J connectivity index is 1.62. The zero-order valence-corrected chi connectivity index (χ0v) is 19.3. The molecule has 2 N–H and O–H groups in total. The van der Waals surface area contributed by atoms with Crippen molar-refractivity contribution in [2.45, 2.75) is 45.4 Å². The van der Waals surface area contributed by atoms with Crippen LogP contribution < -0.4 is 10.6 Å². The maximum absolute atomic E-state index is 13.8. The lowest BCUT2D eigenvalue weighted by atomic mass is 10.1. The number of hydrogen-bond donors (Lipinski definition) is 2. The molecule has 0 saturated heterocycles. The summed E-state index contributed by atoms with van der Waals surface area (Å²) in [5.74, 6) is -0.559. The third-order valence-corrected chi connectivity index (χ3v) is 5.84. The van der Waals surface area contributed by atoms with Crippen molar-refractivity contribution in [3.63, 3.8) is 0 Å². The number of aromatic nitrogens is 3. The molecule has 0 aliphatic heterocycles. The van der Waals surface area contributed by atoms with Crippen LogP contribution in [0.1, 0.15) is 47.2 Å². The van der Waals surface area contributed by atoms with Crippen molar-refractivity contribution in [2.75, 3.05) is 11.1 Å². The number of nitrogens with zero attached hydrogens (tertiary/aromatic N) is 3. The maximum atomic E-state index is 13.8. The number of carbonyl (C=O) groups excluding carboxylic acids is 2. The number of nitrogens with one attached hydrogen (secondary N) is 2. The molecule has 0 spiro atoms. The Morgan fingerprint density at radius 1 is 1.09 bits per heavy atom. The van der Waals surface area contributed by atoms with Crippen molar-refractivity contribution in [1.29, 1.82) is 0 Å². The van der Waals surface area contributed by atoms with Crippen LogP contribution in [0.4, 0.5) is 10.1 Å². The molecule has 0 bridgehead atoms. The van der Waals surface area contributed by atoms with Crippen LogP contribution >= 0.6 is 11.8 Å². The highest BCUT2D eigenvalue weighted by atomic mass is 32.2. The summed E-state index contributed by atoms with van der Waals surface area (Å²) < 4.78 is 15.7. The van der Waals surface area contributed by atoms with E-state index in [0.29, 0.717) is 11.0 Å². The summed E-state index contributed by atoms with van der Waals surface area (Å²) in [6, 6.07) is 11.6. The van der Waals surface area contributed by atoms with E-state index in [1.807, 2.05) is 50.5 Å². The van der Waals surface area contributed by atoms with E-state index in [1.54, 1.807) is 6.07 Å². The number of anilines is 1. The lowest BCUT2D eigenvalue weighted by molar-refractivity contribution is -0.113. The van der Waals surface area contributed by atoms with Crippen molar-refractivity contribution in [2.24, 2.45) is 0 Å². The monoisotopic (exact) mass is 455 g/mol. The first kappa shape index (κ1) is 23.5. The molecule has 168 valence electrons. The molecule has 1 aromatic heterocycles. The molecule has 32 heavy (non-hydrogen) atoms. The normalized spacial score (nSPS) is 10.9. The van der Waals surface area contributed by atoms with Gasteiger partial charge >= 0.3 is 0 Å². The zero-order chi connectivity index (χ0) is 23.3. The van der Waals surface area contributed by atoms with Crippen LogP contribution in [-0.4, -0.2) is 32.3 Å². The lowest BCUT2D eigenvalue weighted by Gasteiger charge is -2.14. The van der Waals surface area contributed by atoms with Crippen molar-refractivity contribution < 1.29 is 14.0 Å². The number of amides is 2. The SMILES string of the molecule is Cc1ccc(NC(=O)CSc2nnc(CNC(=O)c3ccccc3F)n2C(C)C)cc1C. The minimum atomic E-state index is -0.582. The topological polar surface area (TPSA) is 88.9 Å². The standard InChI is InChI=1S/C23H26FN5O2S/c1-14(2)29-20(12-25-22(31)18-7-5-6-8-19(18)24)27-28-23(29)32-13-21(30)26-17-10-9-15(3)16(4)11-17/h5-11,14H,12-13H2,1-4H3,(H,25,31)(H,26,30). The van der Waals surface area contributed by atoms with Gasteiger partial charge in [0, 0.05) is 11.7 Å². The third-order valence-electron chi connectivity index (χ3n) is 4.90. The van der Waals surface area contributed by atoms with Gasteiger partial charge in [-0.25, -0.2) is 4.39 Å². The average Bonchev–Trinajstić information content (AvgIpc) is 3.16. The van der Waals surface area contributed by atoms with Crippen LogP contribution in [0.3, 0.4) is 0 Å². The number of rotatable bonds is 8. The van der Waals surface area contributed by atoms with Gasteiger partial charge in [-0.2, -0.15) is 0 Å². The highest BCUT2D eigenvalue weighted by molar-refractivity contribution is 7.99. The minimum Gasteiger partial charge on any atom is -0.345 e. The van der Waals surface area contributed by atoms with E-state index in [2.05, 4.69) is 20.8 Å². The Morgan fingerprint density at radius 3 is 2.53 bits per heavy atom. The zero-order valence-electron chi connectivity index (χ0n) is 18.5. The highest BCUT2D eigenvalue weighted by Gasteiger charge is 2.18. The molecule has 0 aliphatic rings. The molecule has 7 nitrogen and oxygen atoms in total. The molecule has 2 amide bonds. The second kappa shape index (κ2) is 10.4. The summed E-state index contributed by atoms with van der Waals surface area (Å²) in [4.78, 5) is 24.7. The molecular formula is C23H26FN5O2S. The van der Waals surface area contributed by atoms with Crippen LogP contribution in [0.25, 0.3) is 0 Å². The maximum Gasteiger partial charge on any atom is 0.254 e. The van der Waals surface area contributed by atoms with Crippen LogP contribution in [0, 0.1) is 19.7 Å². The fraction of sp³-hybridized carbons (Fsp3) is 0.304. The second-order valence-electron chi connectivity index (χ2n) is 7.66. The summed E-state index contributed by atoms with van der Waals surface area (Å²) >= 11 is 1.27. The van der Waals surface area contributed by atoms with E-state index in [0.717, 1.165) is 16.8 Å². The van der Waals surface area contributed by atoms with Crippen LogP contribution in [0.15, 0.2) is 47.6 Å². The summed E-state index contributed by atoms with van der Waals surface area (Å²) in [6.45, 7) is 8.03. The van der Waals surface area contributed by atoms with Gasteiger partial charge in [-0.1, -0.05) is 30.0 Å². The number of carbonyl (C=O) groups is 2. The summed E-state index contributed by atoms with van der Waals surface area (Å²) in [6.07, 6.45) is 0. The molecule has 3 rings (SSSR count).